The maximum absolute atomic E-state index is 5.16. The molecule has 1 aliphatic heterocycles. The van der Waals surface area contributed by atoms with Gasteiger partial charge in [0.2, 0.25) is 5.95 Å². The van der Waals surface area contributed by atoms with Crippen molar-refractivity contribution in [3.63, 3.8) is 0 Å². The van der Waals surface area contributed by atoms with E-state index in [1.807, 2.05) is 0 Å². The first-order valence-electron chi connectivity index (χ1n) is 11.5. The van der Waals surface area contributed by atoms with E-state index in [1.54, 1.807) is 0 Å². The van der Waals surface area contributed by atoms with Crippen LogP contribution in [0.3, 0.4) is 0 Å². The fourth-order valence-corrected chi connectivity index (χ4v) is 5.01. The molecule has 0 saturated heterocycles. The number of hydrogen-bond acceptors (Lipinski definition) is 2. The molecule has 0 saturated carbocycles. The first-order valence-corrected chi connectivity index (χ1v) is 11.5. The van der Waals surface area contributed by atoms with Crippen molar-refractivity contribution in [2.45, 2.75) is 0 Å². The van der Waals surface area contributed by atoms with Crippen LogP contribution in [0.15, 0.2) is 127 Å². The van der Waals surface area contributed by atoms with Gasteiger partial charge in [0.15, 0.2) is 0 Å². The third-order valence-electron chi connectivity index (χ3n) is 6.53. The Morgan fingerprint density at radius 2 is 1.15 bits per heavy atom. The van der Waals surface area contributed by atoms with E-state index >= 15 is 0 Å². The van der Waals surface area contributed by atoms with Crippen molar-refractivity contribution < 1.29 is 0 Å². The van der Waals surface area contributed by atoms with Crippen molar-refractivity contribution in [2.24, 2.45) is 0 Å². The molecule has 0 fully saturated rings. The summed E-state index contributed by atoms with van der Waals surface area (Å²) in [5.74, 6) is 0.892. The molecular weight excluding hydrogens is 414 g/mol. The van der Waals surface area contributed by atoms with Crippen molar-refractivity contribution in [3.8, 4) is 27.9 Å². The zero-order valence-electron chi connectivity index (χ0n) is 18.5. The Bertz CT molecular complexity index is 1660. The topological polar surface area (TPSA) is 21.1 Å². The van der Waals surface area contributed by atoms with Crippen LogP contribution < -0.4 is 4.90 Å². The van der Waals surface area contributed by atoms with Crippen LogP contribution in [0.1, 0.15) is 0 Å². The lowest BCUT2D eigenvalue weighted by Gasteiger charge is -2.25. The number of fused-ring (bicyclic) bond motifs is 7. The molecule has 1 aliphatic rings. The molecule has 6 aromatic rings. The molecule has 2 heterocycles. The van der Waals surface area contributed by atoms with Gasteiger partial charge in [0.1, 0.15) is 0 Å². The summed E-state index contributed by atoms with van der Waals surface area (Å²) in [6.07, 6.45) is 0. The van der Waals surface area contributed by atoms with E-state index in [2.05, 4.69) is 137 Å². The minimum absolute atomic E-state index is 0.892. The SMILES string of the molecule is c1ccc(-c2cccc(N3c4ccccc4-c4ccccc4-n4c3nc3ccccc34)c2)cc1. The highest BCUT2D eigenvalue weighted by Gasteiger charge is 2.28. The molecule has 3 heteroatoms. The van der Waals surface area contributed by atoms with Gasteiger partial charge in [-0.15, -0.1) is 0 Å². The zero-order valence-corrected chi connectivity index (χ0v) is 18.5. The van der Waals surface area contributed by atoms with E-state index in [9.17, 15) is 0 Å². The predicted octanol–water partition coefficient (Wildman–Crippen LogP) is 8.14. The van der Waals surface area contributed by atoms with Gasteiger partial charge in [-0.05, 0) is 47.5 Å². The second-order valence-corrected chi connectivity index (χ2v) is 8.52. The quantitative estimate of drug-likeness (QED) is 0.273. The van der Waals surface area contributed by atoms with E-state index in [0.717, 1.165) is 34.0 Å². The summed E-state index contributed by atoms with van der Waals surface area (Å²) in [7, 11) is 0. The van der Waals surface area contributed by atoms with E-state index in [1.165, 1.54) is 22.3 Å². The molecule has 0 amide bonds. The summed E-state index contributed by atoms with van der Waals surface area (Å²) in [5, 5.41) is 0. The number of nitrogens with zero attached hydrogens (tertiary/aromatic N) is 3. The Kier molecular flexibility index (Phi) is 4.15. The van der Waals surface area contributed by atoms with Crippen LogP contribution in [-0.2, 0) is 0 Å². The van der Waals surface area contributed by atoms with Crippen LogP contribution in [0.2, 0.25) is 0 Å². The molecule has 0 radical (unpaired) electrons. The highest BCUT2D eigenvalue weighted by molar-refractivity contribution is 5.96. The van der Waals surface area contributed by atoms with E-state index in [0.29, 0.717) is 0 Å². The van der Waals surface area contributed by atoms with Gasteiger partial charge in [-0.1, -0.05) is 91.0 Å². The van der Waals surface area contributed by atoms with Gasteiger partial charge in [-0.2, -0.15) is 0 Å². The zero-order chi connectivity index (χ0) is 22.5. The third-order valence-corrected chi connectivity index (χ3v) is 6.53. The monoisotopic (exact) mass is 435 g/mol. The summed E-state index contributed by atoms with van der Waals surface area (Å²) < 4.78 is 2.29. The Balaban J connectivity index is 1.57. The minimum Gasteiger partial charge on any atom is -0.280 e. The molecule has 160 valence electrons. The maximum atomic E-state index is 5.16. The van der Waals surface area contributed by atoms with Crippen LogP contribution >= 0.6 is 0 Å². The normalized spacial score (nSPS) is 12.1. The molecule has 3 nitrogen and oxygen atoms in total. The maximum Gasteiger partial charge on any atom is 0.220 e. The van der Waals surface area contributed by atoms with Gasteiger partial charge in [0.25, 0.3) is 0 Å². The number of rotatable bonds is 2. The second-order valence-electron chi connectivity index (χ2n) is 8.52. The lowest BCUT2D eigenvalue weighted by Crippen LogP contribution is -2.14. The highest BCUT2D eigenvalue weighted by Crippen LogP contribution is 2.47. The molecular formula is C31H21N3. The molecule has 5 aromatic carbocycles. The Morgan fingerprint density at radius 3 is 2.00 bits per heavy atom. The Labute approximate surface area is 198 Å². The van der Waals surface area contributed by atoms with E-state index < -0.39 is 0 Å². The van der Waals surface area contributed by atoms with Gasteiger partial charge in [-0.3, -0.25) is 9.47 Å². The Hall–Kier alpha value is -4.63. The summed E-state index contributed by atoms with van der Waals surface area (Å²) in [6, 6.07) is 44.8. The highest BCUT2D eigenvalue weighted by atomic mass is 15.3. The number of para-hydroxylation sites is 4. The van der Waals surface area contributed by atoms with Gasteiger partial charge in [0.05, 0.1) is 22.4 Å². The van der Waals surface area contributed by atoms with Crippen molar-refractivity contribution in [1.82, 2.24) is 9.55 Å². The third kappa shape index (κ3) is 2.81. The van der Waals surface area contributed by atoms with Crippen molar-refractivity contribution in [1.29, 1.82) is 0 Å². The van der Waals surface area contributed by atoms with E-state index in [-0.39, 0.29) is 0 Å². The average molecular weight is 436 g/mol. The van der Waals surface area contributed by atoms with Crippen LogP contribution in [0.4, 0.5) is 17.3 Å². The summed E-state index contributed by atoms with van der Waals surface area (Å²) in [5.41, 5.74) is 10.2. The standard InChI is InChI=1S/C31H21N3/c1-2-11-22(12-3-1)23-13-10-14-24(21-23)33-28-18-7-4-15-25(28)26-16-5-8-19-29(26)34-30-20-9-6-17-27(30)32-31(33)34/h1-21H. The van der Waals surface area contributed by atoms with Crippen LogP contribution in [0.25, 0.3) is 39.0 Å². The van der Waals surface area contributed by atoms with Gasteiger partial charge in [0, 0.05) is 16.8 Å². The largest absolute Gasteiger partial charge is 0.280 e. The smallest absolute Gasteiger partial charge is 0.220 e. The number of imidazole rings is 1. The Morgan fingerprint density at radius 1 is 0.500 bits per heavy atom. The molecule has 7 rings (SSSR count). The number of anilines is 3. The molecule has 0 bridgehead atoms. The molecule has 0 aliphatic carbocycles. The first kappa shape index (κ1) is 18.9. The molecule has 34 heavy (non-hydrogen) atoms. The molecule has 0 atom stereocenters. The number of hydrogen-bond donors (Lipinski definition) is 0. The summed E-state index contributed by atoms with van der Waals surface area (Å²) in [6.45, 7) is 0. The number of aromatic nitrogens is 2. The fraction of sp³-hybridized carbons (Fsp3) is 0. The average Bonchev–Trinajstić information content (AvgIpc) is 3.23. The van der Waals surface area contributed by atoms with Crippen LogP contribution in [0.5, 0.6) is 0 Å². The molecule has 0 unspecified atom stereocenters. The van der Waals surface area contributed by atoms with Crippen LogP contribution in [-0.4, -0.2) is 9.55 Å². The van der Waals surface area contributed by atoms with Crippen LogP contribution in [0, 0.1) is 0 Å². The predicted molar refractivity (Wildman–Crippen MR) is 140 cm³/mol. The lowest BCUT2D eigenvalue weighted by atomic mass is 10.0. The van der Waals surface area contributed by atoms with Crippen molar-refractivity contribution >= 4 is 28.4 Å². The van der Waals surface area contributed by atoms with Gasteiger partial charge < -0.3 is 0 Å². The molecule has 1 aromatic heterocycles. The fourth-order valence-electron chi connectivity index (χ4n) is 5.01. The van der Waals surface area contributed by atoms with E-state index in [4.69, 9.17) is 4.98 Å². The van der Waals surface area contributed by atoms with Gasteiger partial charge in [-0.25, -0.2) is 4.98 Å². The molecule has 0 spiro atoms. The minimum atomic E-state index is 0.892. The second kappa shape index (κ2) is 7.46. The number of benzene rings is 5. The van der Waals surface area contributed by atoms with Gasteiger partial charge >= 0.3 is 0 Å². The van der Waals surface area contributed by atoms with Crippen molar-refractivity contribution in [3.05, 3.63) is 127 Å². The lowest BCUT2D eigenvalue weighted by molar-refractivity contribution is 1.05. The summed E-state index contributed by atoms with van der Waals surface area (Å²) >= 11 is 0. The summed E-state index contributed by atoms with van der Waals surface area (Å²) in [4.78, 5) is 7.45. The first-order chi connectivity index (χ1) is 16.9. The van der Waals surface area contributed by atoms with Crippen molar-refractivity contribution in [2.75, 3.05) is 4.90 Å². The molecule has 0 N–H and O–H groups in total.